The first-order chi connectivity index (χ1) is 9.15. The van der Waals surface area contributed by atoms with Crippen LogP contribution in [-0.4, -0.2) is 49.8 Å². The van der Waals surface area contributed by atoms with Gasteiger partial charge in [-0.3, -0.25) is 0 Å². The SMILES string of the molecule is CCO[C@@H]1C[C@H](N[C@@H]2CN(C)C[C@H]2C)C12CCCC2. The molecular formula is C16H30N2O. The van der Waals surface area contributed by atoms with Gasteiger partial charge in [0.1, 0.15) is 0 Å². The van der Waals surface area contributed by atoms with E-state index >= 15 is 0 Å². The number of hydrogen-bond acceptors (Lipinski definition) is 3. The molecule has 1 aliphatic heterocycles. The molecule has 110 valence electrons. The van der Waals surface area contributed by atoms with Crippen LogP contribution in [0.1, 0.15) is 46.0 Å². The second kappa shape index (κ2) is 5.34. The van der Waals surface area contributed by atoms with Gasteiger partial charge >= 0.3 is 0 Å². The van der Waals surface area contributed by atoms with E-state index < -0.39 is 0 Å². The van der Waals surface area contributed by atoms with Crippen molar-refractivity contribution in [2.75, 3.05) is 26.7 Å². The Hall–Kier alpha value is -0.120. The lowest BCUT2D eigenvalue weighted by molar-refractivity contribution is -0.133. The summed E-state index contributed by atoms with van der Waals surface area (Å²) in [5, 5.41) is 3.99. The van der Waals surface area contributed by atoms with Gasteiger partial charge in [-0.1, -0.05) is 19.8 Å². The molecule has 0 aromatic rings. The number of ether oxygens (including phenoxy) is 1. The van der Waals surface area contributed by atoms with Crippen LogP contribution < -0.4 is 5.32 Å². The van der Waals surface area contributed by atoms with Crippen LogP contribution in [0, 0.1) is 11.3 Å². The van der Waals surface area contributed by atoms with Gasteiger partial charge in [0.2, 0.25) is 0 Å². The van der Waals surface area contributed by atoms with E-state index in [9.17, 15) is 0 Å². The Bertz CT molecular complexity index is 314. The van der Waals surface area contributed by atoms with E-state index in [1.165, 1.54) is 45.2 Å². The maximum Gasteiger partial charge on any atom is 0.0661 e. The molecule has 2 saturated carbocycles. The van der Waals surface area contributed by atoms with Gasteiger partial charge in [0.25, 0.3) is 0 Å². The van der Waals surface area contributed by atoms with Crippen LogP contribution in [0.3, 0.4) is 0 Å². The summed E-state index contributed by atoms with van der Waals surface area (Å²) in [5.74, 6) is 0.787. The molecule has 3 aliphatic rings. The number of likely N-dealkylation sites (tertiary alicyclic amines) is 1. The number of hydrogen-bond donors (Lipinski definition) is 1. The molecule has 1 saturated heterocycles. The molecule has 2 aliphatic carbocycles. The molecule has 0 aromatic heterocycles. The zero-order chi connectivity index (χ0) is 13.5. The van der Waals surface area contributed by atoms with E-state index in [0.717, 1.165) is 12.5 Å². The van der Waals surface area contributed by atoms with Crippen LogP contribution in [-0.2, 0) is 4.74 Å². The predicted molar refractivity (Wildman–Crippen MR) is 78.3 cm³/mol. The third-order valence-corrected chi connectivity index (χ3v) is 5.90. The van der Waals surface area contributed by atoms with Gasteiger partial charge in [-0.05, 0) is 39.2 Å². The summed E-state index contributed by atoms with van der Waals surface area (Å²) in [4.78, 5) is 2.46. The highest BCUT2D eigenvalue weighted by atomic mass is 16.5. The van der Waals surface area contributed by atoms with E-state index in [-0.39, 0.29) is 0 Å². The fourth-order valence-electron chi connectivity index (χ4n) is 4.80. The summed E-state index contributed by atoms with van der Waals surface area (Å²) in [6.07, 6.45) is 7.34. The molecule has 3 fully saturated rings. The molecule has 1 heterocycles. The first-order valence-electron chi connectivity index (χ1n) is 8.22. The van der Waals surface area contributed by atoms with Crippen LogP contribution in [0.25, 0.3) is 0 Å². The van der Waals surface area contributed by atoms with Crippen molar-refractivity contribution in [3.05, 3.63) is 0 Å². The summed E-state index contributed by atoms with van der Waals surface area (Å²) in [6.45, 7) is 7.86. The largest absolute Gasteiger partial charge is 0.378 e. The molecule has 3 rings (SSSR count). The molecule has 1 N–H and O–H groups in total. The Morgan fingerprint density at radius 3 is 2.58 bits per heavy atom. The van der Waals surface area contributed by atoms with Crippen LogP contribution in [0.4, 0.5) is 0 Å². The highest BCUT2D eigenvalue weighted by Gasteiger charge is 2.57. The van der Waals surface area contributed by atoms with Crippen molar-refractivity contribution < 1.29 is 4.74 Å². The molecule has 1 spiro atoms. The van der Waals surface area contributed by atoms with E-state index in [4.69, 9.17) is 4.74 Å². The zero-order valence-corrected chi connectivity index (χ0v) is 12.8. The van der Waals surface area contributed by atoms with Crippen LogP contribution >= 0.6 is 0 Å². The summed E-state index contributed by atoms with van der Waals surface area (Å²) >= 11 is 0. The highest BCUT2D eigenvalue weighted by molar-refractivity contribution is 5.11. The Labute approximate surface area is 118 Å². The average Bonchev–Trinajstić information content (AvgIpc) is 2.97. The Morgan fingerprint density at radius 1 is 1.26 bits per heavy atom. The number of nitrogens with one attached hydrogen (secondary N) is 1. The fraction of sp³-hybridized carbons (Fsp3) is 1.00. The van der Waals surface area contributed by atoms with Gasteiger partial charge in [0.05, 0.1) is 6.10 Å². The average molecular weight is 266 g/mol. The van der Waals surface area contributed by atoms with Gasteiger partial charge in [-0.2, -0.15) is 0 Å². The lowest BCUT2D eigenvalue weighted by atomic mass is 9.60. The summed E-state index contributed by atoms with van der Waals surface area (Å²) < 4.78 is 6.01. The molecule has 0 unspecified atom stereocenters. The fourth-order valence-corrected chi connectivity index (χ4v) is 4.80. The number of rotatable bonds is 4. The van der Waals surface area contributed by atoms with E-state index in [0.29, 0.717) is 23.6 Å². The van der Waals surface area contributed by atoms with Gasteiger partial charge in [-0.15, -0.1) is 0 Å². The minimum absolute atomic E-state index is 0.483. The molecule has 19 heavy (non-hydrogen) atoms. The smallest absolute Gasteiger partial charge is 0.0661 e. The van der Waals surface area contributed by atoms with Gasteiger partial charge in [0, 0.05) is 37.2 Å². The molecule has 0 radical (unpaired) electrons. The topological polar surface area (TPSA) is 24.5 Å². The Kier molecular flexibility index (Phi) is 3.89. The van der Waals surface area contributed by atoms with Crippen molar-refractivity contribution in [3.8, 4) is 0 Å². The number of likely N-dealkylation sites (N-methyl/N-ethyl adjacent to an activating group) is 1. The Balaban J connectivity index is 1.62. The first-order valence-corrected chi connectivity index (χ1v) is 8.22. The molecular weight excluding hydrogens is 236 g/mol. The third kappa shape index (κ3) is 2.34. The first kappa shape index (κ1) is 13.8. The van der Waals surface area contributed by atoms with Crippen molar-refractivity contribution in [1.29, 1.82) is 0 Å². The van der Waals surface area contributed by atoms with Gasteiger partial charge in [0.15, 0.2) is 0 Å². The number of nitrogens with zero attached hydrogens (tertiary/aromatic N) is 1. The molecule has 0 amide bonds. The predicted octanol–water partition coefficient (Wildman–Crippen LogP) is 2.26. The standard InChI is InChI=1S/C16H30N2O/c1-4-19-15-9-14(16(15)7-5-6-8-16)17-13-11-18(3)10-12(13)2/h12-15,17H,4-11H2,1-3H3/t12-,13-,14+,15-/m1/s1. The van der Waals surface area contributed by atoms with Gasteiger partial charge < -0.3 is 15.0 Å². The van der Waals surface area contributed by atoms with Crippen molar-refractivity contribution in [1.82, 2.24) is 10.2 Å². The summed E-state index contributed by atoms with van der Waals surface area (Å²) in [7, 11) is 2.24. The lowest BCUT2D eigenvalue weighted by Crippen LogP contribution is -2.65. The second-order valence-electron chi connectivity index (χ2n) is 7.14. The quantitative estimate of drug-likeness (QED) is 0.845. The monoisotopic (exact) mass is 266 g/mol. The normalized spacial score (nSPS) is 41.8. The summed E-state index contributed by atoms with van der Waals surface area (Å²) in [5.41, 5.74) is 0.483. The van der Waals surface area contributed by atoms with Crippen LogP contribution in [0.5, 0.6) is 0 Å². The minimum atomic E-state index is 0.483. The minimum Gasteiger partial charge on any atom is -0.378 e. The molecule has 0 bridgehead atoms. The molecule has 4 atom stereocenters. The van der Waals surface area contributed by atoms with Crippen molar-refractivity contribution >= 4 is 0 Å². The van der Waals surface area contributed by atoms with Crippen molar-refractivity contribution in [3.63, 3.8) is 0 Å². The maximum atomic E-state index is 6.01. The Morgan fingerprint density at radius 2 is 2.00 bits per heavy atom. The third-order valence-electron chi connectivity index (χ3n) is 5.90. The van der Waals surface area contributed by atoms with Gasteiger partial charge in [-0.25, -0.2) is 0 Å². The zero-order valence-electron chi connectivity index (χ0n) is 12.8. The lowest BCUT2D eigenvalue weighted by Gasteiger charge is -2.55. The van der Waals surface area contributed by atoms with Crippen molar-refractivity contribution in [2.24, 2.45) is 11.3 Å². The highest BCUT2D eigenvalue weighted by Crippen LogP contribution is 2.55. The maximum absolute atomic E-state index is 6.01. The molecule has 0 aromatic carbocycles. The van der Waals surface area contributed by atoms with Crippen molar-refractivity contribution in [2.45, 2.75) is 64.1 Å². The van der Waals surface area contributed by atoms with Crippen LogP contribution in [0.15, 0.2) is 0 Å². The molecule has 3 nitrogen and oxygen atoms in total. The molecule has 3 heteroatoms. The second-order valence-corrected chi connectivity index (χ2v) is 7.14. The van der Waals surface area contributed by atoms with E-state index in [1.54, 1.807) is 0 Å². The summed E-state index contributed by atoms with van der Waals surface area (Å²) in [6, 6.07) is 1.40. The van der Waals surface area contributed by atoms with E-state index in [2.05, 4.69) is 31.1 Å². The van der Waals surface area contributed by atoms with Crippen LogP contribution in [0.2, 0.25) is 0 Å². The van der Waals surface area contributed by atoms with E-state index in [1.807, 2.05) is 0 Å².